The molecule has 90 valence electrons. The van der Waals surface area contributed by atoms with Gasteiger partial charge in [-0.1, -0.05) is 6.92 Å². The van der Waals surface area contributed by atoms with Crippen molar-refractivity contribution in [3.05, 3.63) is 33.5 Å². The Balaban J connectivity index is 2.18. The first-order valence-corrected chi connectivity index (χ1v) is 6.44. The molecule has 2 aromatic rings. The van der Waals surface area contributed by atoms with E-state index in [4.69, 9.17) is 0 Å². The molecule has 0 atom stereocenters. The lowest BCUT2D eigenvalue weighted by atomic mass is 10.1. The molecule has 0 bridgehead atoms. The quantitative estimate of drug-likeness (QED) is 0.780. The molecule has 2 heterocycles. The third kappa shape index (κ3) is 2.44. The Morgan fingerprint density at radius 1 is 1.53 bits per heavy atom. The summed E-state index contributed by atoms with van der Waals surface area (Å²) in [5, 5.41) is 4.34. The van der Waals surface area contributed by atoms with Crippen LogP contribution in [0, 0.1) is 6.92 Å². The van der Waals surface area contributed by atoms with Gasteiger partial charge in [0.25, 0.3) is 0 Å². The van der Waals surface area contributed by atoms with Crippen molar-refractivity contribution in [3.8, 4) is 0 Å². The van der Waals surface area contributed by atoms with Crippen molar-refractivity contribution in [3.63, 3.8) is 0 Å². The zero-order chi connectivity index (χ0) is 12.4. The van der Waals surface area contributed by atoms with Crippen molar-refractivity contribution >= 4 is 17.1 Å². The maximum Gasteiger partial charge on any atom is 0.180 e. The minimum Gasteiger partial charge on any atom is -0.293 e. The highest BCUT2D eigenvalue weighted by molar-refractivity contribution is 7.11. The topological polar surface area (TPSA) is 47.8 Å². The maximum atomic E-state index is 12.1. The normalized spacial score (nSPS) is 10.8. The van der Waals surface area contributed by atoms with Gasteiger partial charge in [-0.25, -0.2) is 4.98 Å². The van der Waals surface area contributed by atoms with E-state index < -0.39 is 0 Å². The van der Waals surface area contributed by atoms with Crippen molar-refractivity contribution in [1.29, 1.82) is 0 Å². The molecule has 4 nitrogen and oxygen atoms in total. The molecular weight excluding hydrogens is 234 g/mol. The fourth-order valence-corrected chi connectivity index (χ4v) is 2.47. The predicted molar refractivity (Wildman–Crippen MR) is 67.5 cm³/mol. The van der Waals surface area contributed by atoms with Gasteiger partial charge in [0.1, 0.15) is 0 Å². The van der Waals surface area contributed by atoms with Crippen LogP contribution in [-0.4, -0.2) is 20.5 Å². The monoisotopic (exact) mass is 249 g/mol. The molecule has 2 aromatic heterocycles. The first-order valence-electron chi connectivity index (χ1n) is 5.57. The third-order valence-corrected chi connectivity index (χ3v) is 3.70. The highest BCUT2D eigenvalue weighted by Gasteiger charge is 2.15. The van der Waals surface area contributed by atoms with Gasteiger partial charge in [0.15, 0.2) is 5.78 Å². The van der Waals surface area contributed by atoms with Crippen LogP contribution in [0.15, 0.2) is 11.6 Å². The Morgan fingerprint density at radius 2 is 2.29 bits per heavy atom. The van der Waals surface area contributed by atoms with Crippen LogP contribution in [0.5, 0.6) is 0 Å². The van der Waals surface area contributed by atoms with Crippen molar-refractivity contribution in [2.75, 3.05) is 0 Å². The van der Waals surface area contributed by atoms with E-state index in [2.05, 4.69) is 17.0 Å². The molecule has 5 heteroatoms. The second-order valence-electron chi connectivity index (χ2n) is 3.97. The van der Waals surface area contributed by atoms with E-state index in [9.17, 15) is 4.79 Å². The van der Waals surface area contributed by atoms with Crippen LogP contribution in [0.2, 0.25) is 0 Å². The lowest BCUT2D eigenvalue weighted by Gasteiger charge is -2.00. The van der Waals surface area contributed by atoms with Gasteiger partial charge in [-0.15, -0.1) is 11.3 Å². The lowest BCUT2D eigenvalue weighted by Crippen LogP contribution is -2.07. The summed E-state index contributed by atoms with van der Waals surface area (Å²) in [6.07, 6.45) is 1.29. The smallest absolute Gasteiger partial charge is 0.180 e. The summed E-state index contributed by atoms with van der Waals surface area (Å²) in [4.78, 5) is 16.9. The van der Waals surface area contributed by atoms with Gasteiger partial charge in [-0.2, -0.15) is 5.10 Å². The molecule has 0 amide bonds. The van der Waals surface area contributed by atoms with Gasteiger partial charge < -0.3 is 0 Å². The third-order valence-electron chi connectivity index (χ3n) is 2.73. The summed E-state index contributed by atoms with van der Waals surface area (Å²) in [7, 11) is 1.88. The van der Waals surface area contributed by atoms with Gasteiger partial charge >= 0.3 is 0 Å². The standard InChI is InChI=1S/C12H15N3OS/c1-4-9-5-10(15(3)14-9)6-11(16)12-8(2)13-7-17-12/h5,7H,4,6H2,1-3H3. The van der Waals surface area contributed by atoms with Crippen molar-refractivity contribution < 1.29 is 4.79 Å². The van der Waals surface area contributed by atoms with Crippen LogP contribution < -0.4 is 0 Å². The number of hydrogen-bond donors (Lipinski definition) is 0. The molecular formula is C12H15N3OS. The number of nitrogens with zero attached hydrogens (tertiary/aromatic N) is 3. The van der Waals surface area contributed by atoms with Gasteiger partial charge in [-0.05, 0) is 19.4 Å². The zero-order valence-electron chi connectivity index (χ0n) is 10.2. The van der Waals surface area contributed by atoms with E-state index in [1.54, 1.807) is 10.2 Å². The van der Waals surface area contributed by atoms with E-state index in [0.29, 0.717) is 6.42 Å². The van der Waals surface area contributed by atoms with Crippen LogP contribution in [0.3, 0.4) is 0 Å². The molecule has 0 radical (unpaired) electrons. The Labute approximate surface area is 104 Å². The van der Waals surface area contributed by atoms with Gasteiger partial charge in [0.05, 0.1) is 28.2 Å². The Bertz CT molecular complexity index is 542. The number of aromatic nitrogens is 3. The first-order chi connectivity index (χ1) is 8.11. The van der Waals surface area contributed by atoms with Gasteiger partial charge in [0, 0.05) is 12.7 Å². The Hall–Kier alpha value is -1.49. The molecule has 0 N–H and O–H groups in total. The average molecular weight is 249 g/mol. The summed E-state index contributed by atoms with van der Waals surface area (Å²) in [6, 6.07) is 1.99. The van der Waals surface area contributed by atoms with Crippen molar-refractivity contribution in [2.45, 2.75) is 26.7 Å². The van der Waals surface area contributed by atoms with Gasteiger partial charge in [-0.3, -0.25) is 9.48 Å². The summed E-state index contributed by atoms with van der Waals surface area (Å²) in [6.45, 7) is 3.92. The molecule has 2 rings (SSSR count). The molecule has 0 unspecified atom stereocenters. The van der Waals surface area contributed by atoms with E-state index in [1.165, 1.54) is 11.3 Å². The highest BCUT2D eigenvalue weighted by Crippen LogP contribution is 2.16. The molecule has 0 saturated heterocycles. The Morgan fingerprint density at radius 3 is 2.82 bits per heavy atom. The molecule has 0 aliphatic heterocycles. The van der Waals surface area contributed by atoms with Crippen molar-refractivity contribution in [1.82, 2.24) is 14.8 Å². The number of Topliss-reactive ketones (excluding diaryl/α,β-unsaturated/α-hetero) is 1. The largest absolute Gasteiger partial charge is 0.293 e. The minimum absolute atomic E-state index is 0.121. The average Bonchev–Trinajstić information content (AvgIpc) is 2.86. The minimum atomic E-state index is 0.121. The lowest BCUT2D eigenvalue weighted by molar-refractivity contribution is 0.0994. The molecule has 0 saturated carbocycles. The molecule has 0 aliphatic rings. The van der Waals surface area contributed by atoms with Crippen LogP contribution in [0.4, 0.5) is 0 Å². The van der Waals surface area contributed by atoms with Crippen molar-refractivity contribution in [2.24, 2.45) is 7.05 Å². The predicted octanol–water partition coefficient (Wildman–Crippen LogP) is 2.17. The molecule has 0 fully saturated rings. The molecule has 0 aromatic carbocycles. The van der Waals surface area contributed by atoms with Crippen LogP contribution >= 0.6 is 11.3 Å². The second-order valence-corrected chi connectivity index (χ2v) is 4.83. The zero-order valence-corrected chi connectivity index (χ0v) is 11.0. The fraction of sp³-hybridized carbons (Fsp3) is 0.417. The number of ketones is 1. The fourth-order valence-electron chi connectivity index (χ4n) is 1.72. The van der Waals surface area contributed by atoms with E-state index in [1.807, 2.05) is 20.0 Å². The summed E-state index contributed by atoms with van der Waals surface area (Å²) >= 11 is 1.40. The summed E-state index contributed by atoms with van der Waals surface area (Å²) in [5.74, 6) is 0.121. The van der Waals surface area contributed by atoms with Crippen LogP contribution in [0.25, 0.3) is 0 Å². The van der Waals surface area contributed by atoms with E-state index in [-0.39, 0.29) is 5.78 Å². The van der Waals surface area contributed by atoms with Crippen LogP contribution in [-0.2, 0) is 19.9 Å². The number of carbonyl (C=O) groups excluding carboxylic acids is 1. The highest BCUT2D eigenvalue weighted by atomic mass is 32.1. The number of carbonyl (C=O) groups is 1. The summed E-state index contributed by atoms with van der Waals surface area (Å²) < 4.78 is 1.78. The molecule has 0 spiro atoms. The van der Waals surface area contributed by atoms with E-state index in [0.717, 1.165) is 28.4 Å². The first kappa shape index (κ1) is 12.0. The molecule has 17 heavy (non-hydrogen) atoms. The van der Waals surface area contributed by atoms with Crippen LogP contribution in [0.1, 0.15) is 33.7 Å². The number of rotatable bonds is 4. The van der Waals surface area contributed by atoms with E-state index >= 15 is 0 Å². The number of thiazole rings is 1. The maximum absolute atomic E-state index is 12.1. The Kier molecular flexibility index (Phi) is 3.38. The second kappa shape index (κ2) is 4.79. The summed E-state index contributed by atoms with van der Waals surface area (Å²) in [5.41, 5.74) is 4.51. The van der Waals surface area contributed by atoms with Gasteiger partial charge in [0.2, 0.25) is 0 Å². The molecule has 0 aliphatic carbocycles. The number of hydrogen-bond acceptors (Lipinski definition) is 4. The SMILES string of the molecule is CCc1cc(CC(=O)c2scnc2C)n(C)n1. The number of aryl methyl sites for hydroxylation is 3.